The predicted octanol–water partition coefficient (Wildman–Crippen LogP) is 2.88. The highest BCUT2D eigenvalue weighted by Crippen LogP contribution is 2.11. The van der Waals surface area contributed by atoms with Gasteiger partial charge in [-0.2, -0.15) is 0 Å². The molecule has 2 heteroatoms. The molecule has 1 aromatic rings. The van der Waals surface area contributed by atoms with Gasteiger partial charge in [0.05, 0.1) is 0 Å². The van der Waals surface area contributed by atoms with Crippen LogP contribution in [-0.2, 0) is 11.2 Å². The smallest absolute Gasteiger partial charge is 0.0469 e. The molecule has 17 heavy (non-hydrogen) atoms. The summed E-state index contributed by atoms with van der Waals surface area (Å²) in [5.74, 6) is 0.670. The van der Waals surface area contributed by atoms with Crippen molar-refractivity contribution >= 4 is 0 Å². The minimum Gasteiger partial charge on any atom is -0.382 e. The van der Waals surface area contributed by atoms with Gasteiger partial charge in [0.1, 0.15) is 0 Å². The zero-order chi connectivity index (χ0) is 12.3. The van der Waals surface area contributed by atoms with Crippen molar-refractivity contribution in [1.29, 1.82) is 0 Å². The fourth-order valence-corrected chi connectivity index (χ4v) is 1.97. The molecule has 0 aromatic heterocycles. The zero-order valence-electron chi connectivity index (χ0n) is 11.1. The molecule has 0 amide bonds. The van der Waals surface area contributed by atoms with Gasteiger partial charge in [-0.05, 0) is 44.3 Å². The van der Waals surface area contributed by atoms with E-state index in [-0.39, 0.29) is 0 Å². The minimum atomic E-state index is 0.670. The Labute approximate surface area is 105 Å². The SMILES string of the molecule is CCNCC(CCOCC)Cc1ccccc1. The van der Waals surface area contributed by atoms with Crippen molar-refractivity contribution in [2.45, 2.75) is 26.7 Å². The summed E-state index contributed by atoms with van der Waals surface area (Å²) in [4.78, 5) is 0. The van der Waals surface area contributed by atoms with Crippen LogP contribution in [0.2, 0.25) is 0 Å². The van der Waals surface area contributed by atoms with Crippen molar-refractivity contribution in [2.24, 2.45) is 5.92 Å². The Bertz CT molecular complexity index is 274. The van der Waals surface area contributed by atoms with Crippen LogP contribution in [0, 0.1) is 5.92 Å². The van der Waals surface area contributed by atoms with Crippen LogP contribution in [0.25, 0.3) is 0 Å². The van der Waals surface area contributed by atoms with E-state index in [2.05, 4.69) is 49.5 Å². The summed E-state index contributed by atoms with van der Waals surface area (Å²) in [5.41, 5.74) is 1.42. The number of benzene rings is 1. The Kier molecular flexibility index (Phi) is 7.69. The van der Waals surface area contributed by atoms with Crippen molar-refractivity contribution in [3.05, 3.63) is 35.9 Å². The number of ether oxygens (including phenoxy) is 1. The minimum absolute atomic E-state index is 0.670. The van der Waals surface area contributed by atoms with Gasteiger partial charge < -0.3 is 10.1 Å². The van der Waals surface area contributed by atoms with E-state index in [0.717, 1.165) is 39.1 Å². The molecule has 0 radical (unpaired) electrons. The number of hydrogen-bond donors (Lipinski definition) is 1. The summed E-state index contributed by atoms with van der Waals surface area (Å²) in [6.45, 7) is 8.02. The standard InChI is InChI=1S/C15H25NO/c1-3-16-13-15(10-11-17-4-2)12-14-8-6-5-7-9-14/h5-9,15-16H,3-4,10-13H2,1-2H3. The maximum Gasteiger partial charge on any atom is 0.0469 e. The highest BCUT2D eigenvalue weighted by Gasteiger charge is 2.09. The van der Waals surface area contributed by atoms with Crippen LogP contribution >= 0.6 is 0 Å². The molecule has 1 rings (SSSR count). The third kappa shape index (κ3) is 6.44. The molecule has 0 fully saturated rings. The van der Waals surface area contributed by atoms with Crippen LogP contribution in [-0.4, -0.2) is 26.3 Å². The fraction of sp³-hybridized carbons (Fsp3) is 0.600. The summed E-state index contributed by atoms with van der Waals surface area (Å²) in [7, 11) is 0. The lowest BCUT2D eigenvalue weighted by molar-refractivity contribution is 0.131. The molecule has 1 N–H and O–H groups in total. The average Bonchev–Trinajstić information content (AvgIpc) is 2.37. The second kappa shape index (κ2) is 9.20. The first kappa shape index (κ1) is 14.2. The van der Waals surface area contributed by atoms with E-state index in [1.54, 1.807) is 0 Å². The van der Waals surface area contributed by atoms with Gasteiger partial charge in [-0.3, -0.25) is 0 Å². The van der Waals surface area contributed by atoms with Crippen molar-refractivity contribution in [3.63, 3.8) is 0 Å². The van der Waals surface area contributed by atoms with Gasteiger partial charge in [-0.25, -0.2) is 0 Å². The second-order valence-corrected chi connectivity index (χ2v) is 4.35. The molecule has 0 saturated heterocycles. The molecule has 96 valence electrons. The molecule has 0 aliphatic heterocycles. The van der Waals surface area contributed by atoms with Gasteiger partial charge in [0.15, 0.2) is 0 Å². The quantitative estimate of drug-likeness (QED) is 0.665. The molecule has 0 aliphatic rings. The Balaban J connectivity index is 2.39. The number of hydrogen-bond acceptors (Lipinski definition) is 2. The van der Waals surface area contributed by atoms with Crippen LogP contribution in [0.1, 0.15) is 25.8 Å². The van der Waals surface area contributed by atoms with E-state index < -0.39 is 0 Å². The third-order valence-electron chi connectivity index (χ3n) is 2.92. The number of nitrogens with one attached hydrogen (secondary N) is 1. The Morgan fingerprint density at radius 3 is 2.59 bits per heavy atom. The molecule has 0 saturated carbocycles. The highest BCUT2D eigenvalue weighted by atomic mass is 16.5. The highest BCUT2D eigenvalue weighted by molar-refractivity contribution is 5.15. The summed E-state index contributed by atoms with van der Waals surface area (Å²) < 4.78 is 5.45. The zero-order valence-corrected chi connectivity index (χ0v) is 11.1. The molecule has 0 bridgehead atoms. The van der Waals surface area contributed by atoms with Gasteiger partial charge in [0.2, 0.25) is 0 Å². The van der Waals surface area contributed by atoms with Gasteiger partial charge in [-0.1, -0.05) is 37.3 Å². The first-order valence-corrected chi connectivity index (χ1v) is 6.69. The van der Waals surface area contributed by atoms with Crippen LogP contribution in [0.15, 0.2) is 30.3 Å². The van der Waals surface area contributed by atoms with Crippen LogP contribution in [0.5, 0.6) is 0 Å². The topological polar surface area (TPSA) is 21.3 Å². The average molecular weight is 235 g/mol. The maximum atomic E-state index is 5.45. The van der Waals surface area contributed by atoms with Crippen molar-refractivity contribution in [2.75, 3.05) is 26.3 Å². The van der Waals surface area contributed by atoms with Gasteiger partial charge in [-0.15, -0.1) is 0 Å². The van der Waals surface area contributed by atoms with Crippen LogP contribution in [0.4, 0.5) is 0 Å². The number of rotatable bonds is 9. The molecule has 1 unspecified atom stereocenters. The van der Waals surface area contributed by atoms with Gasteiger partial charge in [0.25, 0.3) is 0 Å². The second-order valence-electron chi connectivity index (χ2n) is 4.35. The van der Waals surface area contributed by atoms with E-state index in [4.69, 9.17) is 4.74 Å². The van der Waals surface area contributed by atoms with Crippen molar-refractivity contribution in [3.8, 4) is 0 Å². The third-order valence-corrected chi connectivity index (χ3v) is 2.92. The molecule has 0 heterocycles. The fourth-order valence-electron chi connectivity index (χ4n) is 1.97. The molecular formula is C15H25NO. The Morgan fingerprint density at radius 1 is 1.18 bits per heavy atom. The molecular weight excluding hydrogens is 210 g/mol. The van der Waals surface area contributed by atoms with Crippen LogP contribution in [0.3, 0.4) is 0 Å². The van der Waals surface area contributed by atoms with Crippen molar-refractivity contribution in [1.82, 2.24) is 5.32 Å². The summed E-state index contributed by atoms with van der Waals surface area (Å²) in [5, 5.41) is 3.44. The molecule has 0 spiro atoms. The van der Waals surface area contributed by atoms with Crippen molar-refractivity contribution < 1.29 is 4.74 Å². The summed E-state index contributed by atoms with van der Waals surface area (Å²) in [6, 6.07) is 10.7. The first-order chi connectivity index (χ1) is 8.36. The maximum absolute atomic E-state index is 5.45. The lowest BCUT2D eigenvalue weighted by Gasteiger charge is -2.17. The Morgan fingerprint density at radius 2 is 1.94 bits per heavy atom. The van der Waals surface area contributed by atoms with E-state index in [1.165, 1.54) is 5.56 Å². The molecule has 1 atom stereocenters. The lowest BCUT2D eigenvalue weighted by atomic mass is 9.96. The normalized spacial score (nSPS) is 12.6. The predicted molar refractivity (Wildman–Crippen MR) is 73.3 cm³/mol. The largest absolute Gasteiger partial charge is 0.382 e. The molecule has 2 nitrogen and oxygen atoms in total. The van der Waals surface area contributed by atoms with Crippen LogP contribution < -0.4 is 5.32 Å². The Hall–Kier alpha value is -0.860. The van der Waals surface area contributed by atoms with E-state index in [1.807, 2.05) is 0 Å². The first-order valence-electron chi connectivity index (χ1n) is 6.69. The molecule has 1 aromatic carbocycles. The van der Waals surface area contributed by atoms with Gasteiger partial charge >= 0.3 is 0 Å². The monoisotopic (exact) mass is 235 g/mol. The molecule has 0 aliphatic carbocycles. The van der Waals surface area contributed by atoms with E-state index >= 15 is 0 Å². The lowest BCUT2D eigenvalue weighted by Crippen LogP contribution is -2.25. The summed E-state index contributed by atoms with van der Waals surface area (Å²) >= 11 is 0. The summed E-state index contributed by atoms with van der Waals surface area (Å²) in [6.07, 6.45) is 2.27. The van der Waals surface area contributed by atoms with Gasteiger partial charge in [0, 0.05) is 13.2 Å². The van der Waals surface area contributed by atoms with E-state index in [0.29, 0.717) is 5.92 Å². The van der Waals surface area contributed by atoms with E-state index in [9.17, 15) is 0 Å².